The number of nitrogens with zero attached hydrogens (tertiary/aromatic N) is 3. The molecule has 0 spiro atoms. The van der Waals surface area contributed by atoms with Crippen molar-refractivity contribution in [3.63, 3.8) is 0 Å². The zero-order chi connectivity index (χ0) is 14.3. The molecule has 8 nitrogen and oxygen atoms in total. The van der Waals surface area contributed by atoms with Crippen molar-refractivity contribution in [3.05, 3.63) is 6.33 Å². The molecule has 108 valence electrons. The number of carbonyl (C=O) groups is 1. The third-order valence-corrected chi connectivity index (χ3v) is 5.35. The number of anilines is 3. The molecule has 1 aromatic rings. The molecule has 1 amide bonds. The Labute approximate surface area is 116 Å². The second-order valence-electron chi connectivity index (χ2n) is 4.99. The monoisotopic (exact) mass is 297 g/mol. The van der Waals surface area contributed by atoms with Gasteiger partial charge in [-0.05, 0) is 6.42 Å². The maximum absolute atomic E-state index is 11.6. The molecule has 0 radical (unpaired) electrons. The van der Waals surface area contributed by atoms with E-state index in [0.29, 0.717) is 23.7 Å². The van der Waals surface area contributed by atoms with Crippen LogP contribution in [0.3, 0.4) is 0 Å². The van der Waals surface area contributed by atoms with Crippen molar-refractivity contribution in [2.75, 3.05) is 40.6 Å². The van der Waals surface area contributed by atoms with Gasteiger partial charge in [-0.25, -0.2) is 18.4 Å². The summed E-state index contributed by atoms with van der Waals surface area (Å²) in [5.41, 5.74) is 0.510. The van der Waals surface area contributed by atoms with Crippen LogP contribution in [0.5, 0.6) is 0 Å². The fraction of sp³-hybridized carbons (Fsp3) is 0.545. The molecule has 1 fully saturated rings. The van der Waals surface area contributed by atoms with E-state index >= 15 is 0 Å². The van der Waals surface area contributed by atoms with Crippen LogP contribution in [0.2, 0.25) is 0 Å². The van der Waals surface area contributed by atoms with Gasteiger partial charge in [-0.3, -0.25) is 4.79 Å². The smallest absolute Gasteiger partial charge is 0.243 e. The normalized spacial score (nSPS) is 23.6. The minimum atomic E-state index is -2.97. The molecule has 1 aromatic heterocycles. The van der Waals surface area contributed by atoms with Crippen molar-refractivity contribution < 1.29 is 13.2 Å². The topological polar surface area (TPSA) is 104 Å². The standard InChI is InChI=1S/C11H15N5O3S/c1-16(7-2-3-20(18,19)5-7)11-9-10(13-6-14-11)12-4-8(17)15-9/h6-7H,2-5H2,1H3,(H,15,17)(H,12,13,14). The van der Waals surface area contributed by atoms with Crippen LogP contribution in [0.25, 0.3) is 0 Å². The van der Waals surface area contributed by atoms with Gasteiger partial charge in [0.15, 0.2) is 21.5 Å². The fourth-order valence-corrected chi connectivity index (χ4v) is 4.27. The second kappa shape index (κ2) is 4.58. The summed E-state index contributed by atoms with van der Waals surface area (Å²) in [6.45, 7) is 0.172. The molecule has 2 N–H and O–H groups in total. The molecule has 0 aromatic carbocycles. The maximum Gasteiger partial charge on any atom is 0.243 e. The summed E-state index contributed by atoms with van der Waals surface area (Å²) >= 11 is 0. The van der Waals surface area contributed by atoms with Crippen LogP contribution in [0.1, 0.15) is 6.42 Å². The van der Waals surface area contributed by atoms with Gasteiger partial charge in [-0.2, -0.15) is 0 Å². The fourth-order valence-electron chi connectivity index (χ4n) is 2.49. The van der Waals surface area contributed by atoms with E-state index in [1.165, 1.54) is 6.33 Å². The predicted octanol–water partition coefficient (Wildman–Crippen LogP) is -0.536. The van der Waals surface area contributed by atoms with Gasteiger partial charge in [0.1, 0.15) is 12.0 Å². The lowest BCUT2D eigenvalue weighted by atomic mass is 10.2. The van der Waals surface area contributed by atoms with Crippen molar-refractivity contribution in [3.8, 4) is 0 Å². The van der Waals surface area contributed by atoms with E-state index in [9.17, 15) is 13.2 Å². The summed E-state index contributed by atoms with van der Waals surface area (Å²) < 4.78 is 23.2. The van der Waals surface area contributed by atoms with Crippen LogP contribution in [-0.4, -0.2) is 55.4 Å². The van der Waals surface area contributed by atoms with Gasteiger partial charge in [0.25, 0.3) is 0 Å². The van der Waals surface area contributed by atoms with E-state index < -0.39 is 9.84 Å². The lowest BCUT2D eigenvalue weighted by Gasteiger charge is -2.28. The molecule has 0 saturated carbocycles. The summed E-state index contributed by atoms with van der Waals surface area (Å²) in [7, 11) is -1.18. The van der Waals surface area contributed by atoms with Crippen LogP contribution in [0.4, 0.5) is 17.3 Å². The number of fused-ring (bicyclic) bond motifs is 1. The zero-order valence-corrected chi connectivity index (χ0v) is 11.8. The van der Waals surface area contributed by atoms with Crippen LogP contribution in [-0.2, 0) is 14.6 Å². The van der Waals surface area contributed by atoms with Crippen molar-refractivity contribution in [1.29, 1.82) is 0 Å². The summed E-state index contributed by atoms with van der Waals surface area (Å²) in [5.74, 6) is 1.24. The van der Waals surface area contributed by atoms with Crippen LogP contribution >= 0.6 is 0 Å². The minimum Gasteiger partial charge on any atom is -0.359 e. The average Bonchev–Trinajstić information content (AvgIpc) is 2.77. The van der Waals surface area contributed by atoms with Crippen LogP contribution < -0.4 is 15.5 Å². The molecule has 1 saturated heterocycles. The first-order chi connectivity index (χ1) is 9.46. The molecular formula is C11H15N5O3S. The van der Waals surface area contributed by atoms with Crippen molar-refractivity contribution >= 4 is 33.1 Å². The number of sulfone groups is 1. The highest BCUT2D eigenvalue weighted by Gasteiger charge is 2.33. The number of nitrogens with one attached hydrogen (secondary N) is 2. The highest BCUT2D eigenvalue weighted by atomic mass is 32.2. The molecule has 2 aliphatic rings. The predicted molar refractivity (Wildman–Crippen MR) is 74.6 cm³/mol. The summed E-state index contributed by atoms with van der Waals surface area (Å²) in [6.07, 6.45) is 1.97. The van der Waals surface area contributed by atoms with Gasteiger partial charge >= 0.3 is 0 Å². The first-order valence-electron chi connectivity index (χ1n) is 6.28. The number of hydrogen-bond acceptors (Lipinski definition) is 7. The third-order valence-electron chi connectivity index (χ3n) is 3.60. The Bertz CT molecular complexity index is 660. The SMILES string of the molecule is CN(c1ncnc2c1NC(=O)CN2)C1CCS(=O)(=O)C1. The van der Waals surface area contributed by atoms with Gasteiger partial charge in [0, 0.05) is 13.1 Å². The molecule has 0 aliphatic carbocycles. The summed E-state index contributed by atoms with van der Waals surface area (Å²) in [5, 5.41) is 5.64. The first-order valence-corrected chi connectivity index (χ1v) is 8.10. The van der Waals surface area contributed by atoms with Crippen molar-refractivity contribution in [2.24, 2.45) is 0 Å². The number of carbonyl (C=O) groups excluding carboxylic acids is 1. The second-order valence-corrected chi connectivity index (χ2v) is 7.22. The Balaban J connectivity index is 1.93. The largest absolute Gasteiger partial charge is 0.359 e. The third kappa shape index (κ3) is 2.28. The van der Waals surface area contributed by atoms with E-state index in [2.05, 4.69) is 20.6 Å². The Morgan fingerprint density at radius 1 is 1.40 bits per heavy atom. The van der Waals surface area contributed by atoms with E-state index in [1.54, 1.807) is 11.9 Å². The Morgan fingerprint density at radius 2 is 2.20 bits per heavy atom. The molecule has 0 bridgehead atoms. The molecule has 2 aliphatic heterocycles. The Kier molecular flexibility index (Phi) is 3.00. The lowest BCUT2D eigenvalue weighted by Crippen LogP contribution is -2.36. The van der Waals surface area contributed by atoms with Gasteiger partial charge in [-0.15, -0.1) is 0 Å². The number of hydrogen-bond donors (Lipinski definition) is 2. The van der Waals surface area contributed by atoms with E-state index in [1.807, 2.05) is 0 Å². The molecule has 1 unspecified atom stereocenters. The van der Waals surface area contributed by atoms with Gasteiger partial charge < -0.3 is 15.5 Å². The molecular weight excluding hydrogens is 282 g/mol. The van der Waals surface area contributed by atoms with Gasteiger partial charge in [-0.1, -0.05) is 0 Å². The Morgan fingerprint density at radius 3 is 2.90 bits per heavy atom. The quantitative estimate of drug-likeness (QED) is 0.755. The average molecular weight is 297 g/mol. The van der Waals surface area contributed by atoms with Crippen LogP contribution in [0, 0.1) is 0 Å². The Hall–Kier alpha value is -1.90. The molecule has 3 heterocycles. The lowest BCUT2D eigenvalue weighted by molar-refractivity contribution is -0.114. The van der Waals surface area contributed by atoms with Gasteiger partial charge in [0.2, 0.25) is 5.91 Å². The maximum atomic E-state index is 11.6. The van der Waals surface area contributed by atoms with E-state index in [0.717, 1.165) is 0 Å². The van der Waals surface area contributed by atoms with Crippen molar-refractivity contribution in [1.82, 2.24) is 9.97 Å². The molecule has 3 rings (SSSR count). The number of aromatic nitrogens is 2. The molecule has 20 heavy (non-hydrogen) atoms. The van der Waals surface area contributed by atoms with E-state index in [4.69, 9.17) is 0 Å². The number of rotatable bonds is 2. The van der Waals surface area contributed by atoms with Gasteiger partial charge in [0.05, 0.1) is 18.1 Å². The number of amides is 1. The zero-order valence-electron chi connectivity index (χ0n) is 11.0. The van der Waals surface area contributed by atoms with E-state index in [-0.39, 0.29) is 30.0 Å². The van der Waals surface area contributed by atoms with Crippen molar-refractivity contribution in [2.45, 2.75) is 12.5 Å². The highest BCUT2D eigenvalue weighted by molar-refractivity contribution is 7.91. The summed E-state index contributed by atoms with van der Waals surface area (Å²) in [6, 6.07) is -0.127. The molecule has 9 heteroatoms. The highest BCUT2D eigenvalue weighted by Crippen LogP contribution is 2.33. The minimum absolute atomic E-state index is 0.115. The molecule has 1 atom stereocenters. The first kappa shape index (κ1) is 13.1. The summed E-state index contributed by atoms with van der Waals surface area (Å²) in [4.78, 5) is 21.5. The van der Waals surface area contributed by atoms with Crippen LogP contribution in [0.15, 0.2) is 6.33 Å².